The number of fused-ring (bicyclic) bond motifs is 1. The quantitative estimate of drug-likeness (QED) is 0.516. The van der Waals surface area contributed by atoms with Gasteiger partial charge in [0, 0.05) is 17.8 Å². The van der Waals surface area contributed by atoms with Crippen LogP contribution in [0.1, 0.15) is 35.4 Å². The van der Waals surface area contributed by atoms with Gasteiger partial charge in [-0.15, -0.1) is 0 Å². The van der Waals surface area contributed by atoms with Gasteiger partial charge in [0.2, 0.25) is 0 Å². The minimum Gasteiger partial charge on any atom is -0.272 e. The van der Waals surface area contributed by atoms with E-state index in [1.165, 1.54) is 11.1 Å². The summed E-state index contributed by atoms with van der Waals surface area (Å²) >= 11 is 0. The molecule has 0 spiro atoms. The van der Waals surface area contributed by atoms with Gasteiger partial charge in [-0.25, -0.2) is 5.06 Å². The number of amides is 1. The summed E-state index contributed by atoms with van der Waals surface area (Å²) < 4.78 is 0. The van der Waals surface area contributed by atoms with Crippen molar-refractivity contribution >= 4 is 5.91 Å². The molecule has 2 aliphatic rings. The molecule has 0 saturated carbocycles. The Morgan fingerprint density at radius 2 is 1.32 bits per heavy atom. The number of benzene rings is 3. The average Bonchev–Trinajstić information content (AvgIpc) is 2.83. The van der Waals surface area contributed by atoms with Crippen LogP contribution in [0.4, 0.5) is 0 Å². The Morgan fingerprint density at radius 3 is 1.97 bits per heavy atom. The topological polar surface area (TPSA) is 29.5 Å². The van der Waals surface area contributed by atoms with Crippen molar-refractivity contribution < 1.29 is 9.63 Å². The molecule has 156 valence electrons. The summed E-state index contributed by atoms with van der Waals surface area (Å²) in [5, 5.41) is 1.60. The molecule has 0 unspecified atom stereocenters. The normalized spacial score (nSPS) is 27.7. The SMILES string of the molecule is C[C@@H]1ON(Cc2ccccc2)C(=O)[C@H]2[C@H]1C=C[C@H](c1ccccc1)[C@@H]2c1ccccc1. The second-order valence-electron chi connectivity index (χ2n) is 8.53. The molecule has 1 fully saturated rings. The molecule has 3 nitrogen and oxygen atoms in total. The zero-order chi connectivity index (χ0) is 21.2. The van der Waals surface area contributed by atoms with Crippen molar-refractivity contribution in [1.82, 2.24) is 5.06 Å². The number of hydrogen-bond acceptors (Lipinski definition) is 2. The summed E-state index contributed by atoms with van der Waals surface area (Å²) in [7, 11) is 0. The van der Waals surface area contributed by atoms with Crippen molar-refractivity contribution in [1.29, 1.82) is 0 Å². The Hall–Kier alpha value is -3.17. The maximum atomic E-state index is 13.8. The van der Waals surface area contributed by atoms with Gasteiger partial charge in [-0.05, 0) is 23.6 Å². The van der Waals surface area contributed by atoms with Crippen LogP contribution >= 0.6 is 0 Å². The zero-order valence-electron chi connectivity index (χ0n) is 17.7. The molecule has 0 aromatic heterocycles. The molecular weight excluding hydrogens is 382 g/mol. The van der Waals surface area contributed by atoms with Crippen LogP contribution in [0.2, 0.25) is 0 Å². The first-order valence-electron chi connectivity index (χ1n) is 11.0. The minimum atomic E-state index is -0.162. The third-order valence-corrected chi connectivity index (χ3v) is 6.63. The molecule has 1 aliphatic carbocycles. The molecule has 1 amide bonds. The lowest BCUT2D eigenvalue weighted by molar-refractivity contribution is -0.243. The Labute approximate surface area is 183 Å². The van der Waals surface area contributed by atoms with E-state index in [1.54, 1.807) is 5.06 Å². The molecule has 1 heterocycles. The summed E-state index contributed by atoms with van der Waals surface area (Å²) in [6.07, 6.45) is 4.43. The Morgan fingerprint density at radius 1 is 0.742 bits per heavy atom. The fraction of sp³-hybridized carbons (Fsp3) is 0.250. The molecule has 3 aromatic carbocycles. The van der Waals surface area contributed by atoms with E-state index in [0.29, 0.717) is 6.54 Å². The number of rotatable bonds is 4. The van der Waals surface area contributed by atoms with Crippen LogP contribution < -0.4 is 0 Å². The van der Waals surface area contributed by atoms with Crippen LogP contribution in [0.3, 0.4) is 0 Å². The van der Waals surface area contributed by atoms with Gasteiger partial charge in [-0.2, -0.15) is 0 Å². The number of nitrogens with zero attached hydrogens (tertiary/aromatic N) is 1. The van der Waals surface area contributed by atoms with E-state index in [2.05, 4.69) is 67.6 Å². The molecule has 31 heavy (non-hydrogen) atoms. The van der Waals surface area contributed by atoms with Gasteiger partial charge < -0.3 is 0 Å². The highest BCUT2D eigenvalue weighted by Crippen LogP contribution is 2.50. The van der Waals surface area contributed by atoms with E-state index < -0.39 is 0 Å². The number of carbonyl (C=O) groups is 1. The molecule has 5 atom stereocenters. The van der Waals surface area contributed by atoms with Crippen LogP contribution in [-0.4, -0.2) is 17.1 Å². The molecule has 5 rings (SSSR count). The fourth-order valence-corrected chi connectivity index (χ4v) is 5.15. The van der Waals surface area contributed by atoms with Crippen molar-refractivity contribution in [2.24, 2.45) is 11.8 Å². The molecule has 0 radical (unpaired) electrons. The number of allylic oxidation sites excluding steroid dienone is 1. The van der Waals surface area contributed by atoms with E-state index >= 15 is 0 Å². The molecular formula is C28H27NO2. The highest BCUT2D eigenvalue weighted by Gasteiger charge is 2.49. The zero-order valence-corrected chi connectivity index (χ0v) is 17.7. The monoisotopic (exact) mass is 409 g/mol. The fourth-order valence-electron chi connectivity index (χ4n) is 5.15. The van der Waals surface area contributed by atoms with Gasteiger partial charge in [-0.3, -0.25) is 9.63 Å². The number of carbonyl (C=O) groups excluding carboxylic acids is 1. The largest absolute Gasteiger partial charge is 0.272 e. The lowest BCUT2D eigenvalue weighted by atomic mass is 9.64. The van der Waals surface area contributed by atoms with Gasteiger partial charge in [-0.1, -0.05) is 103 Å². The van der Waals surface area contributed by atoms with Crippen molar-refractivity contribution in [2.45, 2.75) is 31.4 Å². The first-order chi connectivity index (χ1) is 15.2. The predicted octanol–water partition coefficient (Wildman–Crippen LogP) is 5.72. The number of hydrogen-bond donors (Lipinski definition) is 0. The van der Waals surface area contributed by atoms with E-state index in [9.17, 15) is 4.79 Å². The third-order valence-electron chi connectivity index (χ3n) is 6.63. The molecule has 0 bridgehead atoms. The molecule has 1 saturated heterocycles. The highest BCUT2D eigenvalue weighted by molar-refractivity contribution is 5.81. The summed E-state index contributed by atoms with van der Waals surface area (Å²) in [6, 6.07) is 31.1. The van der Waals surface area contributed by atoms with Gasteiger partial charge >= 0.3 is 0 Å². The second-order valence-corrected chi connectivity index (χ2v) is 8.53. The smallest absolute Gasteiger partial charge is 0.250 e. The van der Waals surface area contributed by atoms with Crippen LogP contribution in [0.25, 0.3) is 0 Å². The van der Waals surface area contributed by atoms with Gasteiger partial charge in [0.25, 0.3) is 5.91 Å². The summed E-state index contributed by atoms with van der Waals surface area (Å²) in [5.74, 6) is 0.189. The Kier molecular flexibility index (Phi) is 5.44. The molecule has 3 aromatic rings. The number of hydroxylamine groups is 2. The maximum Gasteiger partial charge on any atom is 0.250 e. The van der Waals surface area contributed by atoms with Crippen molar-refractivity contribution in [3.8, 4) is 0 Å². The van der Waals surface area contributed by atoms with E-state index in [1.807, 2.05) is 42.5 Å². The summed E-state index contributed by atoms with van der Waals surface area (Å²) in [5.41, 5.74) is 3.52. The second kappa shape index (κ2) is 8.52. The van der Waals surface area contributed by atoms with Gasteiger partial charge in [0.05, 0.1) is 18.6 Å². The Balaban J connectivity index is 1.55. The van der Waals surface area contributed by atoms with Gasteiger partial charge in [0.1, 0.15) is 0 Å². The minimum absolute atomic E-state index is 0.0599. The molecule has 1 aliphatic heterocycles. The van der Waals surface area contributed by atoms with E-state index in [0.717, 1.165) is 5.56 Å². The van der Waals surface area contributed by atoms with Crippen LogP contribution in [0.5, 0.6) is 0 Å². The van der Waals surface area contributed by atoms with Crippen molar-refractivity contribution in [2.75, 3.05) is 0 Å². The predicted molar refractivity (Wildman–Crippen MR) is 122 cm³/mol. The maximum absolute atomic E-state index is 13.8. The molecule has 0 N–H and O–H groups in total. The van der Waals surface area contributed by atoms with Crippen molar-refractivity contribution in [3.05, 3.63) is 120 Å². The van der Waals surface area contributed by atoms with Crippen LogP contribution in [0.15, 0.2) is 103 Å². The van der Waals surface area contributed by atoms with Crippen molar-refractivity contribution in [3.63, 3.8) is 0 Å². The first-order valence-corrected chi connectivity index (χ1v) is 11.0. The standard InChI is InChI=1S/C28H27NO2/c1-20-24-17-18-25(22-13-7-3-8-14-22)26(23-15-9-4-10-16-23)27(24)28(30)29(31-20)19-21-11-5-2-6-12-21/h2-18,20,24-27H,19H2,1H3/t20-,24-,25+,26-,27-/m0/s1. The van der Waals surface area contributed by atoms with Gasteiger partial charge in [0.15, 0.2) is 0 Å². The summed E-state index contributed by atoms with van der Waals surface area (Å²) in [4.78, 5) is 20.0. The average molecular weight is 410 g/mol. The first kappa shape index (κ1) is 19.8. The van der Waals surface area contributed by atoms with Crippen LogP contribution in [0, 0.1) is 11.8 Å². The lowest BCUT2D eigenvalue weighted by Gasteiger charge is -2.47. The van der Waals surface area contributed by atoms with E-state index in [4.69, 9.17) is 4.84 Å². The lowest BCUT2D eigenvalue weighted by Crippen LogP contribution is -2.53. The molecule has 3 heteroatoms. The summed E-state index contributed by atoms with van der Waals surface area (Å²) in [6.45, 7) is 2.55. The van der Waals surface area contributed by atoms with Crippen LogP contribution in [-0.2, 0) is 16.2 Å². The highest BCUT2D eigenvalue weighted by atomic mass is 16.7. The van der Waals surface area contributed by atoms with E-state index in [-0.39, 0.29) is 35.7 Å². The third kappa shape index (κ3) is 3.82. The Bertz CT molecular complexity index is 1050.